The summed E-state index contributed by atoms with van der Waals surface area (Å²) in [6.45, 7) is 4.71. The maximum Gasteiger partial charge on any atom is 0.00441 e. The van der Waals surface area contributed by atoms with E-state index in [2.05, 4.69) is 50.5 Å². The SMILES string of the molecule is CNC(C)CC1(C)CCCc2ccccc21. The zero-order chi connectivity index (χ0) is 11.6. The van der Waals surface area contributed by atoms with E-state index in [-0.39, 0.29) is 0 Å². The predicted octanol–water partition coefficient (Wildman–Crippen LogP) is 3.28. The van der Waals surface area contributed by atoms with Crippen molar-refractivity contribution in [2.45, 2.75) is 51.0 Å². The fraction of sp³-hybridized carbons (Fsp3) is 0.600. The summed E-state index contributed by atoms with van der Waals surface area (Å²) in [5.74, 6) is 0. The predicted molar refractivity (Wildman–Crippen MR) is 69.9 cm³/mol. The summed E-state index contributed by atoms with van der Waals surface area (Å²) in [6.07, 6.45) is 5.17. The molecule has 1 aliphatic rings. The molecule has 0 aliphatic heterocycles. The molecule has 1 aromatic carbocycles. The minimum atomic E-state index is 0.372. The Morgan fingerprint density at radius 2 is 2.12 bits per heavy atom. The third kappa shape index (κ3) is 2.15. The molecule has 0 amide bonds. The van der Waals surface area contributed by atoms with Crippen LogP contribution in [0.2, 0.25) is 0 Å². The van der Waals surface area contributed by atoms with Crippen molar-refractivity contribution in [3.63, 3.8) is 0 Å². The molecule has 16 heavy (non-hydrogen) atoms. The fourth-order valence-electron chi connectivity index (χ4n) is 3.12. The van der Waals surface area contributed by atoms with Gasteiger partial charge in [-0.15, -0.1) is 0 Å². The van der Waals surface area contributed by atoms with Crippen LogP contribution < -0.4 is 5.32 Å². The molecular weight excluding hydrogens is 194 g/mol. The first kappa shape index (κ1) is 11.7. The lowest BCUT2D eigenvalue weighted by molar-refractivity contribution is 0.328. The molecular formula is C15H23N. The van der Waals surface area contributed by atoms with Gasteiger partial charge in [-0.05, 0) is 56.2 Å². The highest BCUT2D eigenvalue weighted by molar-refractivity contribution is 5.36. The van der Waals surface area contributed by atoms with E-state index in [1.165, 1.54) is 25.7 Å². The number of aryl methyl sites for hydroxylation is 1. The first-order valence-electron chi connectivity index (χ1n) is 6.41. The second-order valence-corrected chi connectivity index (χ2v) is 5.47. The number of fused-ring (bicyclic) bond motifs is 1. The van der Waals surface area contributed by atoms with Gasteiger partial charge < -0.3 is 5.32 Å². The number of benzene rings is 1. The average molecular weight is 217 g/mol. The fourth-order valence-corrected chi connectivity index (χ4v) is 3.12. The minimum absolute atomic E-state index is 0.372. The molecule has 0 spiro atoms. The van der Waals surface area contributed by atoms with Gasteiger partial charge in [-0.25, -0.2) is 0 Å². The first-order chi connectivity index (χ1) is 7.65. The van der Waals surface area contributed by atoms with Crippen molar-refractivity contribution in [1.82, 2.24) is 5.32 Å². The van der Waals surface area contributed by atoms with E-state index in [0.717, 1.165) is 0 Å². The van der Waals surface area contributed by atoms with E-state index in [1.807, 2.05) is 0 Å². The van der Waals surface area contributed by atoms with E-state index < -0.39 is 0 Å². The first-order valence-corrected chi connectivity index (χ1v) is 6.41. The molecule has 2 atom stereocenters. The summed E-state index contributed by atoms with van der Waals surface area (Å²) in [5, 5.41) is 3.37. The normalized spacial score (nSPS) is 26.2. The van der Waals surface area contributed by atoms with Gasteiger partial charge in [-0.1, -0.05) is 31.2 Å². The highest BCUT2D eigenvalue weighted by Crippen LogP contribution is 2.40. The van der Waals surface area contributed by atoms with Crippen molar-refractivity contribution in [1.29, 1.82) is 0 Å². The third-order valence-corrected chi connectivity index (χ3v) is 4.09. The molecule has 1 N–H and O–H groups in total. The van der Waals surface area contributed by atoms with Crippen LogP contribution in [0.25, 0.3) is 0 Å². The minimum Gasteiger partial charge on any atom is -0.317 e. The van der Waals surface area contributed by atoms with Gasteiger partial charge in [-0.3, -0.25) is 0 Å². The molecule has 0 radical (unpaired) electrons. The lowest BCUT2D eigenvalue weighted by Crippen LogP contribution is -2.35. The van der Waals surface area contributed by atoms with E-state index in [0.29, 0.717) is 11.5 Å². The highest BCUT2D eigenvalue weighted by atomic mass is 14.9. The largest absolute Gasteiger partial charge is 0.317 e. The van der Waals surface area contributed by atoms with E-state index in [4.69, 9.17) is 0 Å². The number of hydrogen-bond acceptors (Lipinski definition) is 1. The molecule has 88 valence electrons. The summed E-state index contributed by atoms with van der Waals surface area (Å²) < 4.78 is 0. The zero-order valence-electron chi connectivity index (χ0n) is 10.7. The van der Waals surface area contributed by atoms with Crippen molar-refractivity contribution < 1.29 is 0 Å². The second kappa shape index (κ2) is 4.58. The summed E-state index contributed by atoms with van der Waals surface area (Å²) in [4.78, 5) is 0. The van der Waals surface area contributed by atoms with Crippen LogP contribution in [0, 0.1) is 0 Å². The Kier molecular flexibility index (Phi) is 3.34. The molecule has 1 aromatic rings. The van der Waals surface area contributed by atoms with Crippen LogP contribution in [0.15, 0.2) is 24.3 Å². The highest BCUT2D eigenvalue weighted by Gasteiger charge is 2.32. The van der Waals surface area contributed by atoms with Crippen LogP contribution >= 0.6 is 0 Å². The van der Waals surface area contributed by atoms with Gasteiger partial charge in [0.2, 0.25) is 0 Å². The van der Waals surface area contributed by atoms with Crippen molar-refractivity contribution in [2.24, 2.45) is 0 Å². The zero-order valence-corrected chi connectivity index (χ0v) is 10.7. The van der Waals surface area contributed by atoms with Gasteiger partial charge in [-0.2, -0.15) is 0 Å². The Labute approximate surface area is 99.3 Å². The number of nitrogens with one attached hydrogen (secondary N) is 1. The Morgan fingerprint density at radius 3 is 2.88 bits per heavy atom. The van der Waals surface area contributed by atoms with E-state index >= 15 is 0 Å². The Balaban J connectivity index is 2.29. The van der Waals surface area contributed by atoms with Gasteiger partial charge >= 0.3 is 0 Å². The van der Waals surface area contributed by atoms with Gasteiger partial charge in [0.15, 0.2) is 0 Å². The van der Waals surface area contributed by atoms with Gasteiger partial charge in [0.05, 0.1) is 0 Å². The van der Waals surface area contributed by atoms with Crippen LogP contribution in [0.4, 0.5) is 0 Å². The average Bonchev–Trinajstić information content (AvgIpc) is 2.29. The molecule has 2 unspecified atom stereocenters. The molecule has 0 saturated heterocycles. The summed E-state index contributed by atoms with van der Waals surface area (Å²) in [5.41, 5.74) is 3.53. The Morgan fingerprint density at radius 1 is 1.38 bits per heavy atom. The van der Waals surface area contributed by atoms with Crippen LogP contribution in [0.3, 0.4) is 0 Å². The maximum absolute atomic E-state index is 3.37. The molecule has 0 heterocycles. The monoisotopic (exact) mass is 217 g/mol. The molecule has 0 fully saturated rings. The molecule has 1 aliphatic carbocycles. The molecule has 0 saturated carbocycles. The summed E-state index contributed by atoms with van der Waals surface area (Å²) in [7, 11) is 2.06. The quantitative estimate of drug-likeness (QED) is 0.819. The summed E-state index contributed by atoms with van der Waals surface area (Å²) in [6, 6.07) is 9.59. The van der Waals surface area contributed by atoms with Gasteiger partial charge in [0.1, 0.15) is 0 Å². The van der Waals surface area contributed by atoms with Crippen LogP contribution in [0.5, 0.6) is 0 Å². The molecule has 1 nitrogen and oxygen atoms in total. The van der Waals surface area contributed by atoms with Crippen LogP contribution in [0.1, 0.15) is 44.2 Å². The molecule has 0 aromatic heterocycles. The lowest BCUT2D eigenvalue weighted by atomic mass is 9.68. The van der Waals surface area contributed by atoms with Crippen molar-refractivity contribution >= 4 is 0 Å². The molecule has 0 bridgehead atoms. The number of hydrogen-bond donors (Lipinski definition) is 1. The Hall–Kier alpha value is -0.820. The van der Waals surface area contributed by atoms with Crippen LogP contribution in [-0.2, 0) is 11.8 Å². The summed E-state index contributed by atoms with van der Waals surface area (Å²) >= 11 is 0. The van der Waals surface area contributed by atoms with Gasteiger partial charge in [0.25, 0.3) is 0 Å². The Bertz CT molecular complexity index is 358. The van der Waals surface area contributed by atoms with Crippen molar-refractivity contribution in [2.75, 3.05) is 7.05 Å². The van der Waals surface area contributed by atoms with Crippen LogP contribution in [-0.4, -0.2) is 13.1 Å². The van der Waals surface area contributed by atoms with Crippen molar-refractivity contribution in [3.8, 4) is 0 Å². The number of rotatable bonds is 3. The van der Waals surface area contributed by atoms with E-state index in [9.17, 15) is 0 Å². The molecule has 2 rings (SSSR count). The maximum atomic E-state index is 3.37. The lowest BCUT2D eigenvalue weighted by Gasteiger charge is -2.38. The smallest absolute Gasteiger partial charge is 0.00441 e. The van der Waals surface area contributed by atoms with E-state index in [1.54, 1.807) is 11.1 Å². The second-order valence-electron chi connectivity index (χ2n) is 5.47. The molecule has 1 heteroatoms. The standard InChI is InChI=1S/C15H23N/c1-12(16-3)11-15(2)10-6-8-13-7-4-5-9-14(13)15/h4-5,7,9,12,16H,6,8,10-11H2,1-3H3. The van der Waals surface area contributed by atoms with Crippen molar-refractivity contribution in [3.05, 3.63) is 35.4 Å². The topological polar surface area (TPSA) is 12.0 Å². The third-order valence-electron chi connectivity index (χ3n) is 4.09. The van der Waals surface area contributed by atoms with Gasteiger partial charge in [0, 0.05) is 6.04 Å².